The minimum Gasteiger partial charge on any atom is -0.481 e. The molecule has 2 saturated carbocycles. The van der Waals surface area contributed by atoms with Gasteiger partial charge in [-0.1, -0.05) is 22.9 Å². The van der Waals surface area contributed by atoms with Crippen LogP contribution < -0.4 is 5.32 Å². The number of halogens is 1. The van der Waals surface area contributed by atoms with Crippen molar-refractivity contribution < 1.29 is 14.7 Å². The third-order valence-corrected chi connectivity index (χ3v) is 6.25. The number of carbonyl (C=O) groups excluding carboxylic acids is 1. The summed E-state index contributed by atoms with van der Waals surface area (Å²) in [5.74, 6) is -1.74. The van der Waals surface area contributed by atoms with Gasteiger partial charge in [-0.05, 0) is 49.3 Å². The highest BCUT2D eigenvalue weighted by Crippen LogP contribution is 2.52. The molecule has 2 fully saturated rings. The number of carboxylic acids is 1. The van der Waals surface area contributed by atoms with Crippen LogP contribution in [0.25, 0.3) is 10.2 Å². The van der Waals surface area contributed by atoms with Crippen LogP contribution in [0.15, 0.2) is 18.2 Å². The molecule has 1 aromatic carbocycles. The summed E-state index contributed by atoms with van der Waals surface area (Å²) in [4.78, 5) is 28.5. The first-order valence-corrected chi connectivity index (χ1v) is 8.82. The van der Waals surface area contributed by atoms with Crippen molar-refractivity contribution in [2.45, 2.75) is 19.3 Å². The van der Waals surface area contributed by atoms with Crippen molar-refractivity contribution in [3.05, 3.63) is 23.2 Å². The van der Waals surface area contributed by atoms with Crippen LogP contribution in [0.5, 0.6) is 0 Å². The van der Waals surface area contributed by atoms with Crippen LogP contribution in [0.3, 0.4) is 0 Å². The summed E-state index contributed by atoms with van der Waals surface area (Å²) in [6.07, 6.45) is 2.72. The van der Waals surface area contributed by atoms with Crippen molar-refractivity contribution in [2.75, 3.05) is 5.32 Å². The molecule has 2 aliphatic rings. The van der Waals surface area contributed by atoms with Crippen LogP contribution in [0.2, 0.25) is 5.02 Å². The molecule has 120 valence electrons. The first kappa shape index (κ1) is 14.9. The summed E-state index contributed by atoms with van der Waals surface area (Å²) < 4.78 is 0.899. The van der Waals surface area contributed by atoms with E-state index in [0.29, 0.717) is 10.2 Å². The molecule has 4 atom stereocenters. The van der Waals surface area contributed by atoms with Crippen LogP contribution in [-0.2, 0) is 9.59 Å². The van der Waals surface area contributed by atoms with E-state index in [0.717, 1.165) is 29.5 Å². The van der Waals surface area contributed by atoms with E-state index in [4.69, 9.17) is 11.6 Å². The Labute approximate surface area is 141 Å². The third kappa shape index (κ3) is 2.50. The predicted molar refractivity (Wildman–Crippen MR) is 88.7 cm³/mol. The SMILES string of the molecule is O=C(O)[C@H]1[C@@H]2CC[C@@H](C2)[C@@H]1C(=O)Nc1nc2ccc(Cl)cc2s1. The van der Waals surface area contributed by atoms with Crippen LogP contribution in [0.1, 0.15) is 19.3 Å². The highest BCUT2D eigenvalue weighted by Gasteiger charge is 2.54. The fraction of sp³-hybridized carbons (Fsp3) is 0.438. The Morgan fingerprint density at radius 2 is 2.00 bits per heavy atom. The van der Waals surface area contributed by atoms with Gasteiger partial charge in [0, 0.05) is 5.02 Å². The van der Waals surface area contributed by atoms with Crippen LogP contribution in [0.4, 0.5) is 5.13 Å². The molecule has 0 spiro atoms. The lowest BCUT2D eigenvalue weighted by molar-refractivity contribution is -0.148. The lowest BCUT2D eigenvalue weighted by Crippen LogP contribution is -2.37. The van der Waals surface area contributed by atoms with Crippen molar-refractivity contribution in [2.24, 2.45) is 23.7 Å². The Bertz CT molecular complexity index is 806. The van der Waals surface area contributed by atoms with E-state index >= 15 is 0 Å². The summed E-state index contributed by atoms with van der Waals surface area (Å²) >= 11 is 7.31. The van der Waals surface area contributed by atoms with Gasteiger partial charge in [-0.2, -0.15) is 0 Å². The van der Waals surface area contributed by atoms with Crippen molar-refractivity contribution in [3.63, 3.8) is 0 Å². The van der Waals surface area contributed by atoms with Crippen molar-refractivity contribution >= 4 is 50.2 Å². The molecule has 1 amide bonds. The molecule has 7 heteroatoms. The Balaban J connectivity index is 1.57. The number of hydrogen-bond acceptors (Lipinski definition) is 4. The lowest BCUT2D eigenvalue weighted by Gasteiger charge is -2.26. The highest BCUT2D eigenvalue weighted by atomic mass is 35.5. The number of hydrogen-bond donors (Lipinski definition) is 2. The molecule has 2 bridgehead atoms. The number of fused-ring (bicyclic) bond motifs is 3. The van der Waals surface area contributed by atoms with E-state index in [1.165, 1.54) is 11.3 Å². The number of rotatable bonds is 3. The maximum absolute atomic E-state index is 12.6. The summed E-state index contributed by atoms with van der Waals surface area (Å²) in [7, 11) is 0. The molecular weight excluding hydrogens is 336 g/mol. The molecule has 0 aliphatic heterocycles. The second kappa shape index (κ2) is 5.46. The number of benzene rings is 1. The van der Waals surface area contributed by atoms with Gasteiger partial charge in [0.15, 0.2) is 5.13 Å². The quantitative estimate of drug-likeness (QED) is 0.885. The maximum Gasteiger partial charge on any atom is 0.307 e. The monoisotopic (exact) mass is 350 g/mol. The maximum atomic E-state index is 12.6. The van der Waals surface area contributed by atoms with Crippen molar-refractivity contribution in [1.29, 1.82) is 0 Å². The number of aromatic nitrogens is 1. The molecular formula is C16H15ClN2O3S. The van der Waals surface area contributed by atoms with E-state index in [2.05, 4.69) is 10.3 Å². The fourth-order valence-electron chi connectivity index (χ4n) is 4.16. The molecule has 1 heterocycles. The molecule has 0 saturated heterocycles. The molecule has 0 radical (unpaired) electrons. The van der Waals surface area contributed by atoms with Gasteiger partial charge in [0.1, 0.15) is 0 Å². The Hall–Kier alpha value is -1.66. The van der Waals surface area contributed by atoms with Gasteiger partial charge in [-0.25, -0.2) is 4.98 Å². The van der Waals surface area contributed by atoms with Gasteiger partial charge in [0.25, 0.3) is 0 Å². The zero-order valence-electron chi connectivity index (χ0n) is 12.2. The second-order valence-electron chi connectivity index (χ2n) is 6.34. The second-order valence-corrected chi connectivity index (χ2v) is 7.81. The smallest absolute Gasteiger partial charge is 0.307 e. The number of aliphatic carboxylic acids is 1. The fourth-order valence-corrected chi connectivity index (χ4v) is 5.31. The van der Waals surface area contributed by atoms with Gasteiger partial charge in [-0.15, -0.1) is 0 Å². The Morgan fingerprint density at radius 1 is 1.26 bits per heavy atom. The molecule has 2 N–H and O–H groups in total. The first-order chi connectivity index (χ1) is 11.0. The number of anilines is 1. The summed E-state index contributed by atoms with van der Waals surface area (Å²) in [5.41, 5.74) is 0.775. The number of amides is 1. The largest absolute Gasteiger partial charge is 0.481 e. The van der Waals surface area contributed by atoms with Gasteiger partial charge < -0.3 is 10.4 Å². The average Bonchev–Trinajstić information content (AvgIpc) is 3.18. The topological polar surface area (TPSA) is 79.3 Å². The minimum atomic E-state index is -0.853. The van der Waals surface area contributed by atoms with E-state index in [1.54, 1.807) is 12.1 Å². The van der Waals surface area contributed by atoms with E-state index in [1.807, 2.05) is 6.07 Å². The normalized spacial score (nSPS) is 29.1. The molecule has 5 nitrogen and oxygen atoms in total. The highest BCUT2D eigenvalue weighted by molar-refractivity contribution is 7.22. The molecule has 2 aromatic rings. The zero-order chi connectivity index (χ0) is 16.1. The van der Waals surface area contributed by atoms with Crippen LogP contribution in [0, 0.1) is 23.7 Å². The third-order valence-electron chi connectivity index (χ3n) is 5.08. The van der Waals surface area contributed by atoms with E-state index < -0.39 is 17.8 Å². The number of thiazole rings is 1. The van der Waals surface area contributed by atoms with Crippen molar-refractivity contribution in [3.8, 4) is 0 Å². The van der Waals surface area contributed by atoms with Gasteiger partial charge in [0.05, 0.1) is 22.1 Å². The minimum absolute atomic E-state index is 0.141. The Kier molecular flexibility index (Phi) is 3.54. The number of nitrogens with one attached hydrogen (secondary N) is 1. The molecule has 23 heavy (non-hydrogen) atoms. The first-order valence-electron chi connectivity index (χ1n) is 7.62. The molecule has 1 aromatic heterocycles. The van der Waals surface area contributed by atoms with Crippen molar-refractivity contribution in [1.82, 2.24) is 4.98 Å². The number of nitrogens with zero attached hydrogens (tertiary/aromatic N) is 1. The van der Waals surface area contributed by atoms with Gasteiger partial charge in [0.2, 0.25) is 5.91 Å². The standard InChI is InChI=1S/C16H15ClN2O3S/c17-9-3-4-10-11(6-9)23-16(18-10)19-14(20)12-7-1-2-8(5-7)13(12)15(21)22/h3-4,6-8,12-13H,1-2,5H2,(H,21,22)(H,18,19,20)/t7-,8+,12-,13-/m0/s1. The predicted octanol–water partition coefficient (Wildman–Crippen LogP) is 3.64. The number of carbonyl (C=O) groups is 2. The number of carboxylic acid groups (broad SMARTS) is 1. The summed E-state index contributed by atoms with van der Waals surface area (Å²) in [6.45, 7) is 0. The zero-order valence-corrected chi connectivity index (χ0v) is 13.7. The van der Waals surface area contributed by atoms with Crippen LogP contribution >= 0.6 is 22.9 Å². The lowest BCUT2D eigenvalue weighted by atomic mass is 9.79. The van der Waals surface area contributed by atoms with E-state index in [-0.39, 0.29) is 17.7 Å². The van der Waals surface area contributed by atoms with Gasteiger partial charge in [-0.3, -0.25) is 9.59 Å². The molecule has 2 aliphatic carbocycles. The average molecular weight is 351 g/mol. The Morgan fingerprint density at radius 3 is 2.74 bits per heavy atom. The van der Waals surface area contributed by atoms with Gasteiger partial charge >= 0.3 is 5.97 Å². The van der Waals surface area contributed by atoms with E-state index in [9.17, 15) is 14.7 Å². The summed E-state index contributed by atoms with van der Waals surface area (Å²) in [6, 6.07) is 5.37. The van der Waals surface area contributed by atoms with Crippen LogP contribution in [-0.4, -0.2) is 22.0 Å². The molecule has 4 rings (SSSR count). The summed E-state index contributed by atoms with van der Waals surface area (Å²) in [5, 5.41) is 13.4. The molecule has 0 unspecified atom stereocenters.